The molecule has 0 saturated heterocycles. The first-order valence-electron chi connectivity index (χ1n) is 6.23. The topological polar surface area (TPSA) is 43.7 Å². The van der Waals surface area contributed by atoms with Crippen LogP contribution < -0.4 is 5.46 Å². The molecular weight excluding hydrogens is 213 g/mol. The second kappa shape index (κ2) is 6.79. The Bertz CT molecular complexity index is 340. The Kier molecular flexibility index (Phi) is 5.68. The Morgan fingerprint density at radius 3 is 2.41 bits per heavy atom. The average molecular weight is 235 g/mol. The predicted molar refractivity (Wildman–Crippen MR) is 72.1 cm³/mol. The van der Waals surface area contributed by atoms with Crippen LogP contribution in [0.1, 0.15) is 32.3 Å². The van der Waals surface area contributed by atoms with Crippen LogP contribution in [-0.4, -0.2) is 35.2 Å². The molecule has 3 nitrogen and oxygen atoms in total. The summed E-state index contributed by atoms with van der Waals surface area (Å²) in [5.74, 6) is 0. The summed E-state index contributed by atoms with van der Waals surface area (Å²) in [7, 11) is 0.730. The zero-order valence-corrected chi connectivity index (χ0v) is 10.9. The van der Waals surface area contributed by atoms with Gasteiger partial charge in [-0.1, -0.05) is 38.1 Å². The maximum Gasteiger partial charge on any atom is 0.488 e. The van der Waals surface area contributed by atoms with Crippen molar-refractivity contribution in [2.24, 2.45) is 0 Å². The van der Waals surface area contributed by atoms with E-state index >= 15 is 0 Å². The zero-order valence-electron chi connectivity index (χ0n) is 10.9. The van der Waals surface area contributed by atoms with Gasteiger partial charge in [-0.15, -0.1) is 0 Å². The molecule has 0 aliphatic rings. The van der Waals surface area contributed by atoms with E-state index < -0.39 is 7.12 Å². The molecule has 0 saturated carbocycles. The van der Waals surface area contributed by atoms with Gasteiger partial charge >= 0.3 is 7.12 Å². The van der Waals surface area contributed by atoms with Gasteiger partial charge in [-0.25, -0.2) is 0 Å². The van der Waals surface area contributed by atoms with E-state index in [4.69, 9.17) is 10.0 Å². The molecule has 1 aromatic rings. The van der Waals surface area contributed by atoms with Gasteiger partial charge in [0.25, 0.3) is 0 Å². The van der Waals surface area contributed by atoms with Crippen LogP contribution >= 0.6 is 0 Å². The average Bonchev–Trinajstić information content (AvgIpc) is 2.30. The van der Waals surface area contributed by atoms with E-state index in [9.17, 15) is 0 Å². The van der Waals surface area contributed by atoms with Crippen LogP contribution in [-0.2, 0) is 6.54 Å². The second-order valence-electron chi connectivity index (χ2n) is 4.50. The summed E-state index contributed by atoms with van der Waals surface area (Å²) in [6, 6.07) is 8.04. The Morgan fingerprint density at radius 1 is 1.24 bits per heavy atom. The normalized spacial score (nSPS) is 11.2. The molecule has 2 N–H and O–H groups in total. The van der Waals surface area contributed by atoms with Crippen molar-refractivity contribution < 1.29 is 10.0 Å². The van der Waals surface area contributed by atoms with Gasteiger partial charge in [0.1, 0.15) is 0 Å². The van der Waals surface area contributed by atoms with Crippen LogP contribution in [0.5, 0.6) is 0 Å². The monoisotopic (exact) mass is 235 g/mol. The van der Waals surface area contributed by atoms with Gasteiger partial charge in [-0.2, -0.15) is 0 Å². The van der Waals surface area contributed by atoms with Crippen LogP contribution in [0.25, 0.3) is 0 Å². The molecule has 4 heteroatoms. The summed E-state index contributed by atoms with van der Waals surface area (Å²) in [4.78, 5) is 2.31. The third-order valence-corrected chi connectivity index (χ3v) is 3.25. The lowest BCUT2D eigenvalue weighted by molar-refractivity contribution is 0.222. The molecule has 0 atom stereocenters. The molecule has 0 heterocycles. The van der Waals surface area contributed by atoms with Crippen molar-refractivity contribution in [1.82, 2.24) is 4.90 Å². The number of hydrogen-bond donors (Lipinski definition) is 2. The molecule has 0 aliphatic heterocycles. The lowest BCUT2D eigenvalue weighted by Gasteiger charge is -2.26. The van der Waals surface area contributed by atoms with Gasteiger partial charge in [-0.05, 0) is 30.9 Å². The zero-order chi connectivity index (χ0) is 12.8. The molecule has 0 spiro atoms. The number of nitrogens with zero attached hydrogens (tertiary/aromatic N) is 1. The van der Waals surface area contributed by atoms with Crippen LogP contribution in [0.15, 0.2) is 24.3 Å². The van der Waals surface area contributed by atoms with Crippen LogP contribution in [0.2, 0.25) is 0 Å². The van der Waals surface area contributed by atoms with Crippen LogP contribution in [0.3, 0.4) is 0 Å². The first kappa shape index (κ1) is 14.2. The molecule has 0 aliphatic carbocycles. The van der Waals surface area contributed by atoms with Crippen molar-refractivity contribution in [3.05, 3.63) is 29.8 Å². The van der Waals surface area contributed by atoms with Crippen molar-refractivity contribution in [1.29, 1.82) is 0 Å². The predicted octanol–water partition coefficient (Wildman–Crippen LogP) is 0.987. The van der Waals surface area contributed by atoms with E-state index in [0.717, 1.165) is 24.9 Å². The fourth-order valence-corrected chi connectivity index (χ4v) is 2.18. The third-order valence-electron chi connectivity index (χ3n) is 3.25. The fourth-order valence-electron chi connectivity index (χ4n) is 2.18. The molecule has 1 rings (SSSR count). The summed E-state index contributed by atoms with van der Waals surface area (Å²) in [5, 5.41) is 18.3. The number of rotatable bonds is 6. The largest absolute Gasteiger partial charge is 0.488 e. The molecule has 0 amide bonds. The number of benzene rings is 1. The van der Waals surface area contributed by atoms with Gasteiger partial charge in [0.2, 0.25) is 0 Å². The maximum atomic E-state index is 9.13. The minimum atomic E-state index is -1.38. The summed E-state index contributed by atoms with van der Waals surface area (Å²) < 4.78 is 0. The fraction of sp³-hybridized carbons (Fsp3) is 0.538. The molecule has 17 heavy (non-hydrogen) atoms. The third kappa shape index (κ3) is 4.15. The molecular formula is C13H22BNO2. The Hall–Kier alpha value is -0.835. The van der Waals surface area contributed by atoms with Gasteiger partial charge < -0.3 is 10.0 Å². The maximum absolute atomic E-state index is 9.13. The Morgan fingerprint density at radius 2 is 1.88 bits per heavy atom. The summed E-state index contributed by atoms with van der Waals surface area (Å²) in [6.45, 7) is 5.23. The van der Waals surface area contributed by atoms with E-state index in [1.54, 1.807) is 6.07 Å². The molecule has 0 radical (unpaired) electrons. The van der Waals surface area contributed by atoms with Gasteiger partial charge in [0.15, 0.2) is 0 Å². The standard InChI is InChI=1S/C13H22BNO2/c1-4-13(5-2)15(3)10-11-7-6-8-12(9-11)14(16)17/h6-9,13,16-17H,4-5,10H2,1-3H3. The number of hydrogen-bond acceptors (Lipinski definition) is 3. The molecule has 1 aromatic carbocycles. The molecule has 0 aromatic heterocycles. The summed E-state index contributed by atoms with van der Waals surface area (Å²) >= 11 is 0. The van der Waals surface area contributed by atoms with Crippen molar-refractivity contribution >= 4 is 12.6 Å². The lowest BCUT2D eigenvalue weighted by atomic mass is 9.79. The Labute approximate surface area is 104 Å². The molecule has 94 valence electrons. The first-order chi connectivity index (χ1) is 8.08. The highest BCUT2D eigenvalue weighted by Gasteiger charge is 2.13. The SMILES string of the molecule is CCC(CC)N(C)Cc1cccc(B(O)O)c1. The Balaban J connectivity index is 2.70. The van der Waals surface area contributed by atoms with Gasteiger partial charge in [0, 0.05) is 12.6 Å². The minimum absolute atomic E-state index is 0.556. The van der Waals surface area contributed by atoms with Crippen molar-refractivity contribution in [3.63, 3.8) is 0 Å². The highest BCUT2D eigenvalue weighted by molar-refractivity contribution is 6.58. The van der Waals surface area contributed by atoms with E-state index in [0.29, 0.717) is 11.5 Å². The molecule has 0 unspecified atom stereocenters. The summed E-state index contributed by atoms with van der Waals surface area (Å²) in [5.41, 5.74) is 1.67. The van der Waals surface area contributed by atoms with Crippen molar-refractivity contribution in [3.8, 4) is 0 Å². The second-order valence-corrected chi connectivity index (χ2v) is 4.50. The van der Waals surface area contributed by atoms with Gasteiger partial charge in [-0.3, -0.25) is 4.90 Å². The summed E-state index contributed by atoms with van der Waals surface area (Å²) in [6.07, 6.45) is 2.27. The van der Waals surface area contributed by atoms with E-state index in [1.165, 1.54) is 0 Å². The highest BCUT2D eigenvalue weighted by atomic mass is 16.4. The minimum Gasteiger partial charge on any atom is -0.423 e. The van der Waals surface area contributed by atoms with E-state index in [2.05, 4.69) is 25.8 Å². The lowest BCUT2D eigenvalue weighted by Crippen LogP contribution is -2.32. The first-order valence-corrected chi connectivity index (χ1v) is 6.23. The van der Waals surface area contributed by atoms with Gasteiger partial charge in [0.05, 0.1) is 0 Å². The van der Waals surface area contributed by atoms with Crippen molar-refractivity contribution in [2.75, 3.05) is 7.05 Å². The molecule has 0 fully saturated rings. The highest BCUT2D eigenvalue weighted by Crippen LogP contribution is 2.10. The quantitative estimate of drug-likeness (QED) is 0.722. The molecule has 0 bridgehead atoms. The smallest absolute Gasteiger partial charge is 0.423 e. The van der Waals surface area contributed by atoms with E-state index in [-0.39, 0.29) is 0 Å². The van der Waals surface area contributed by atoms with Crippen LogP contribution in [0, 0.1) is 0 Å². The van der Waals surface area contributed by atoms with Crippen molar-refractivity contribution in [2.45, 2.75) is 39.3 Å². The van der Waals surface area contributed by atoms with Crippen LogP contribution in [0.4, 0.5) is 0 Å². The van der Waals surface area contributed by atoms with E-state index in [1.807, 2.05) is 18.2 Å².